The van der Waals surface area contributed by atoms with Gasteiger partial charge in [0.2, 0.25) is 5.91 Å². The first-order valence-corrected chi connectivity index (χ1v) is 11.7. The van der Waals surface area contributed by atoms with Crippen LogP contribution in [-0.4, -0.2) is 72.6 Å². The molecule has 0 spiro atoms. The second-order valence-electron chi connectivity index (χ2n) is 9.45. The fraction of sp³-hybridized carbons (Fsp3) is 0.600. The SMILES string of the molecule is CC1CN(CC2CCN(C(=O)/C=C/c3ccc(C(=O)NC4CC4)cc3)CC2)CC(C)O1. The number of rotatable bonds is 6. The van der Waals surface area contributed by atoms with Crippen LogP contribution in [-0.2, 0) is 9.53 Å². The third-order valence-corrected chi connectivity index (χ3v) is 6.44. The maximum atomic E-state index is 12.6. The normalized spacial score (nSPS) is 25.7. The number of piperidine rings is 1. The summed E-state index contributed by atoms with van der Waals surface area (Å²) in [6, 6.07) is 7.78. The van der Waals surface area contributed by atoms with Crippen LogP contribution >= 0.6 is 0 Å². The van der Waals surface area contributed by atoms with Gasteiger partial charge < -0.3 is 15.0 Å². The number of ether oxygens (including phenoxy) is 1. The van der Waals surface area contributed by atoms with Crippen LogP contribution in [0.25, 0.3) is 6.08 Å². The lowest BCUT2D eigenvalue weighted by molar-refractivity contribution is -0.127. The molecule has 6 heteroatoms. The van der Waals surface area contributed by atoms with Crippen LogP contribution in [0.4, 0.5) is 0 Å². The van der Waals surface area contributed by atoms with Crippen molar-refractivity contribution in [1.82, 2.24) is 15.1 Å². The fourth-order valence-corrected chi connectivity index (χ4v) is 4.65. The highest BCUT2D eigenvalue weighted by Gasteiger charge is 2.27. The molecule has 4 rings (SSSR count). The van der Waals surface area contributed by atoms with Crippen molar-refractivity contribution in [2.75, 3.05) is 32.7 Å². The van der Waals surface area contributed by atoms with Crippen molar-refractivity contribution in [2.24, 2.45) is 5.92 Å². The quantitative estimate of drug-likeness (QED) is 0.712. The minimum atomic E-state index is -0.0158. The molecule has 31 heavy (non-hydrogen) atoms. The first-order chi connectivity index (χ1) is 15.0. The van der Waals surface area contributed by atoms with Crippen molar-refractivity contribution in [2.45, 2.75) is 57.8 Å². The molecule has 2 heterocycles. The monoisotopic (exact) mass is 425 g/mol. The molecule has 1 aromatic rings. The number of hydrogen-bond donors (Lipinski definition) is 1. The van der Waals surface area contributed by atoms with E-state index in [2.05, 4.69) is 24.1 Å². The Morgan fingerprint density at radius 2 is 1.68 bits per heavy atom. The summed E-state index contributed by atoms with van der Waals surface area (Å²) in [5, 5.41) is 2.99. The minimum absolute atomic E-state index is 0.0158. The molecular weight excluding hydrogens is 390 g/mol. The first kappa shape index (κ1) is 22.0. The zero-order valence-corrected chi connectivity index (χ0v) is 18.8. The van der Waals surface area contributed by atoms with Gasteiger partial charge in [-0.15, -0.1) is 0 Å². The van der Waals surface area contributed by atoms with Gasteiger partial charge >= 0.3 is 0 Å². The second kappa shape index (κ2) is 9.96. The lowest BCUT2D eigenvalue weighted by atomic mass is 9.95. The average molecular weight is 426 g/mol. The summed E-state index contributed by atoms with van der Waals surface area (Å²) >= 11 is 0. The summed E-state index contributed by atoms with van der Waals surface area (Å²) in [4.78, 5) is 29.1. The predicted octanol–water partition coefficient (Wildman–Crippen LogP) is 2.94. The van der Waals surface area contributed by atoms with E-state index in [0.29, 0.717) is 29.7 Å². The van der Waals surface area contributed by atoms with Crippen LogP contribution in [0.5, 0.6) is 0 Å². The third-order valence-electron chi connectivity index (χ3n) is 6.44. The van der Waals surface area contributed by atoms with Gasteiger partial charge in [0.05, 0.1) is 12.2 Å². The standard InChI is InChI=1S/C25H35N3O3/c1-18-15-27(16-19(2)31-18)17-21-11-13-28(14-12-21)24(29)10-5-20-3-6-22(7-4-20)25(30)26-23-8-9-23/h3-7,10,18-19,21,23H,8-9,11-17H2,1-2H3,(H,26,30)/b10-5+. The van der Waals surface area contributed by atoms with Gasteiger partial charge in [-0.05, 0) is 69.2 Å². The molecule has 1 aromatic carbocycles. The van der Waals surface area contributed by atoms with Crippen molar-refractivity contribution in [3.63, 3.8) is 0 Å². The molecule has 0 bridgehead atoms. The van der Waals surface area contributed by atoms with E-state index in [1.807, 2.05) is 35.2 Å². The molecule has 2 unspecified atom stereocenters. The summed E-state index contributed by atoms with van der Waals surface area (Å²) in [6.07, 6.45) is 8.39. The largest absolute Gasteiger partial charge is 0.373 e. The van der Waals surface area contributed by atoms with Crippen molar-refractivity contribution in [3.8, 4) is 0 Å². The summed E-state index contributed by atoms with van der Waals surface area (Å²) in [7, 11) is 0. The average Bonchev–Trinajstić information content (AvgIpc) is 3.56. The molecule has 3 fully saturated rings. The highest BCUT2D eigenvalue weighted by Crippen LogP contribution is 2.22. The molecule has 1 N–H and O–H groups in total. The van der Waals surface area contributed by atoms with E-state index in [9.17, 15) is 9.59 Å². The van der Waals surface area contributed by atoms with Gasteiger partial charge in [0.1, 0.15) is 0 Å². The molecule has 0 radical (unpaired) electrons. The number of nitrogens with zero attached hydrogens (tertiary/aromatic N) is 2. The van der Waals surface area contributed by atoms with Crippen LogP contribution < -0.4 is 5.32 Å². The maximum absolute atomic E-state index is 12.6. The Bertz CT molecular complexity index is 785. The Balaban J connectivity index is 1.21. The van der Waals surface area contributed by atoms with Crippen LogP contribution in [0, 0.1) is 5.92 Å². The van der Waals surface area contributed by atoms with Crippen LogP contribution in [0.2, 0.25) is 0 Å². The Hall–Kier alpha value is -2.18. The van der Waals surface area contributed by atoms with Crippen LogP contribution in [0.1, 0.15) is 55.5 Å². The van der Waals surface area contributed by atoms with E-state index in [1.54, 1.807) is 6.08 Å². The van der Waals surface area contributed by atoms with Crippen molar-refractivity contribution >= 4 is 17.9 Å². The van der Waals surface area contributed by atoms with E-state index in [4.69, 9.17) is 4.74 Å². The van der Waals surface area contributed by atoms with E-state index >= 15 is 0 Å². The van der Waals surface area contributed by atoms with E-state index in [1.165, 1.54) is 0 Å². The number of amides is 2. The second-order valence-corrected chi connectivity index (χ2v) is 9.45. The molecule has 168 valence electrons. The van der Waals surface area contributed by atoms with Gasteiger partial charge in [-0.1, -0.05) is 12.1 Å². The summed E-state index contributed by atoms with van der Waals surface area (Å²) in [5.74, 6) is 0.709. The number of benzene rings is 1. The minimum Gasteiger partial charge on any atom is -0.373 e. The Kier molecular flexibility index (Phi) is 7.08. The third kappa shape index (κ3) is 6.40. The van der Waals surface area contributed by atoms with Gasteiger partial charge in [0.25, 0.3) is 5.91 Å². The highest BCUT2D eigenvalue weighted by molar-refractivity contribution is 5.95. The van der Waals surface area contributed by atoms with Crippen molar-refractivity contribution in [1.29, 1.82) is 0 Å². The lowest BCUT2D eigenvalue weighted by Gasteiger charge is -2.39. The summed E-state index contributed by atoms with van der Waals surface area (Å²) < 4.78 is 5.83. The number of nitrogens with one attached hydrogen (secondary N) is 1. The van der Waals surface area contributed by atoms with E-state index in [0.717, 1.165) is 64.0 Å². The van der Waals surface area contributed by atoms with Crippen molar-refractivity contribution < 1.29 is 14.3 Å². The van der Waals surface area contributed by atoms with Crippen LogP contribution in [0.3, 0.4) is 0 Å². The summed E-state index contributed by atoms with van der Waals surface area (Å²) in [5.41, 5.74) is 1.60. The number of carbonyl (C=O) groups excluding carboxylic acids is 2. The lowest BCUT2D eigenvalue weighted by Crippen LogP contribution is -2.48. The number of likely N-dealkylation sites (tertiary alicyclic amines) is 1. The van der Waals surface area contributed by atoms with E-state index in [-0.39, 0.29) is 11.8 Å². The van der Waals surface area contributed by atoms with Crippen molar-refractivity contribution in [3.05, 3.63) is 41.5 Å². The van der Waals surface area contributed by atoms with Gasteiger partial charge in [-0.2, -0.15) is 0 Å². The molecule has 0 aromatic heterocycles. The molecule has 3 aliphatic rings. The molecule has 1 saturated carbocycles. The molecule has 2 saturated heterocycles. The Morgan fingerprint density at radius 3 is 2.29 bits per heavy atom. The van der Waals surface area contributed by atoms with Gasteiger partial charge in [0.15, 0.2) is 0 Å². The molecule has 2 amide bonds. The van der Waals surface area contributed by atoms with E-state index < -0.39 is 0 Å². The molecule has 2 atom stereocenters. The molecule has 2 aliphatic heterocycles. The predicted molar refractivity (Wildman–Crippen MR) is 122 cm³/mol. The summed E-state index contributed by atoms with van der Waals surface area (Å²) in [6.45, 7) is 9.06. The van der Waals surface area contributed by atoms with Gasteiger partial charge in [-0.25, -0.2) is 0 Å². The fourth-order valence-electron chi connectivity index (χ4n) is 4.65. The zero-order valence-electron chi connectivity index (χ0n) is 18.8. The van der Waals surface area contributed by atoms with Crippen LogP contribution in [0.15, 0.2) is 30.3 Å². The zero-order chi connectivity index (χ0) is 21.8. The maximum Gasteiger partial charge on any atom is 0.251 e. The molecular formula is C25H35N3O3. The number of carbonyl (C=O) groups is 2. The smallest absolute Gasteiger partial charge is 0.251 e. The van der Waals surface area contributed by atoms with Gasteiger partial charge in [-0.3, -0.25) is 14.5 Å². The number of hydrogen-bond acceptors (Lipinski definition) is 4. The first-order valence-electron chi connectivity index (χ1n) is 11.7. The number of morpholine rings is 1. The molecule has 6 nitrogen and oxygen atoms in total. The Labute approximate surface area is 185 Å². The Morgan fingerprint density at radius 1 is 1.03 bits per heavy atom. The topological polar surface area (TPSA) is 61.9 Å². The van der Waals surface area contributed by atoms with Gasteiger partial charge in [0, 0.05) is 50.4 Å². The highest BCUT2D eigenvalue weighted by atomic mass is 16.5. The molecule has 1 aliphatic carbocycles.